The first-order valence-corrected chi connectivity index (χ1v) is 7.00. The number of nitrogens with zero attached hydrogens (tertiary/aromatic N) is 2. The molecule has 0 aliphatic heterocycles. The van der Waals surface area contributed by atoms with Gasteiger partial charge in [0, 0.05) is 23.1 Å². The fourth-order valence-corrected chi connectivity index (χ4v) is 2.73. The van der Waals surface area contributed by atoms with Gasteiger partial charge in [0.05, 0.1) is 18.0 Å². The van der Waals surface area contributed by atoms with Gasteiger partial charge in [0.15, 0.2) is 0 Å². The summed E-state index contributed by atoms with van der Waals surface area (Å²) in [4.78, 5) is 15.3. The molecule has 0 N–H and O–H groups in total. The van der Waals surface area contributed by atoms with Crippen LogP contribution in [0.15, 0.2) is 28.9 Å². The number of pyridine rings is 1. The van der Waals surface area contributed by atoms with Crippen LogP contribution in [0.4, 0.5) is 4.39 Å². The highest BCUT2D eigenvalue weighted by molar-refractivity contribution is 9.10. The number of allylic oxidation sites excluding steroid dienone is 1. The molecule has 1 aromatic rings. The lowest BCUT2D eigenvalue weighted by Gasteiger charge is -2.34. The van der Waals surface area contributed by atoms with E-state index in [1.807, 2.05) is 6.07 Å². The van der Waals surface area contributed by atoms with E-state index in [9.17, 15) is 9.18 Å². The van der Waals surface area contributed by atoms with Gasteiger partial charge in [0.25, 0.3) is 0 Å². The minimum absolute atomic E-state index is 0.259. The number of ether oxygens (including phenoxy) is 1. The lowest BCUT2D eigenvalue weighted by atomic mass is 9.79. The number of nitriles is 1. The second-order valence-corrected chi connectivity index (χ2v) is 6.18. The van der Waals surface area contributed by atoms with Crippen molar-refractivity contribution in [1.29, 1.82) is 5.26 Å². The first kappa shape index (κ1) is 17.5. The molecule has 0 spiro atoms. The number of rotatable bonds is 6. The second kappa shape index (κ2) is 6.92. The summed E-state index contributed by atoms with van der Waals surface area (Å²) < 4.78 is 19.2. The van der Waals surface area contributed by atoms with Crippen LogP contribution in [0.3, 0.4) is 0 Å². The van der Waals surface area contributed by atoms with E-state index in [4.69, 9.17) is 10.00 Å². The molecule has 1 atom stereocenters. The molecule has 0 aliphatic carbocycles. The van der Waals surface area contributed by atoms with Crippen LogP contribution in [0.5, 0.6) is 0 Å². The zero-order valence-corrected chi connectivity index (χ0v) is 13.6. The molecule has 1 heterocycles. The zero-order chi connectivity index (χ0) is 16.1. The Labute approximate surface area is 131 Å². The van der Waals surface area contributed by atoms with Gasteiger partial charge in [-0.2, -0.15) is 5.26 Å². The van der Waals surface area contributed by atoms with Gasteiger partial charge in [-0.25, -0.2) is 4.39 Å². The van der Waals surface area contributed by atoms with Crippen molar-refractivity contribution in [3.05, 3.63) is 40.4 Å². The van der Waals surface area contributed by atoms with E-state index < -0.39 is 16.8 Å². The summed E-state index contributed by atoms with van der Waals surface area (Å²) in [6, 6.07) is 3.16. The van der Waals surface area contributed by atoms with Crippen LogP contribution in [-0.2, 0) is 15.1 Å². The highest BCUT2D eigenvalue weighted by atomic mass is 79.9. The minimum Gasteiger partial charge on any atom is -0.368 e. The Morgan fingerprint density at radius 2 is 2.24 bits per heavy atom. The van der Waals surface area contributed by atoms with Crippen LogP contribution in [0.2, 0.25) is 0 Å². The average Bonchev–Trinajstić information content (AvgIpc) is 2.43. The van der Waals surface area contributed by atoms with Crippen molar-refractivity contribution in [3.8, 4) is 6.07 Å². The molecule has 0 saturated heterocycles. The molecule has 21 heavy (non-hydrogen) atoms. The number of carbonyl (C=O) groups is 1. The number of aromatic nitrogens is 1. The normalized spacial score (nSPS) is 14.7. The molecule has 1 unspecified atom stereocenters. The Hall–Kier alpha value is -1.58. The lowest BCUT2D eigenvalue weighted by molar-refractivity contribution is -0.118. The fraction of sp³-hybridized carbons (Fsp3) is 0.400. The van der Waals surface area contributed by atoms with Crippen molar-refractivity contribution >= 4 is 22.2 Å². The van der Waals surface area contributed by atoms with Crippen LogP contribution >= 0.6 is 15.9 Å². The molecule has 112 valence electrons. The maximum atomic E-state index is 13.2. The predicted octanol–water partition coefficient (Wildman–Crippen LogP) is 3.52. The highest BCUT2D eigenvalue weighted by Crippen LogP contribution is 2.40. The molecule has 1 rings (SSSR count). The van der Waals surface area contributed by atoms with Crippen LogP contribution in [0.25, 0.3) is 0 Å². The van der Waals surface area contributed by atoms with Crippen molar-refractivity contribution in [1.82, 2.24) is 4.98 Å². The molecule has 0 amide bonds. The number of halogens is 2. The third-order valence-electron chi connectivity index (χ3n) is 3.04. The highest BCUT2D eigenvalue weighted by Gasteiger charge is 2.39. The summed E-state index contributed by atoms with van der Waals surface area (Å²) in [7, 11) is 1.46. The van der Waals surface area contributed by atoms with Gasteiger partial charge in [-0.3, -0.25) is 4.98 Å². The van der Waals surface area contributed by atoms with Crippen LogP contribution in [0, 0.1) is 22.6 Å². The van der Waals surface area contributed by atoms with Crippen molar-refractivity contribution in [3.63, 3.8) is 0 Å². The van der Waals surface area contributed by atoms with E-state index >= 15 is 0 Å². The zero-order valence-electron chi connectivity index (χ0n) is 12.1. The molecule has 0 aliphatic rings. The fourth-order valence-electron chi connectivity index (χ4n) is 2.07. The molecule has 0 aromatic carbocycles. The summed E-state index contributed by atoms with van der Waals surface area (Å²) in [5.41, 5.74) is -1.40. The number of aldehydes is 1. The average molecular weight is 355 g/mol. The van der Waals surface area contributed by atoms with Gasteiger partial charge >= 0.3 is 0 Å². The molecule has 0 bridgehead atoms. The predicted molar refractivity (Wildman–Crippen MR) is 79.8 cm³/mol. The molecule has 0 saturated carbocycles. The molecule has 4 nitrogen and oxygen atoms in total. The third kappa shape index (κ3) is 4.19. The molecule has 0 fully saturated rings. The van der Waals surface area contributed by atoms with E-state index in [-0.39, 0.29) is 6.42 Å². The maximum absolute atomic E-state index is 13.2. The first-order chi connectivity index (χ1) is 9.80. The van der Waals surface area contributed by atoms with Crippen molar-refractivity contribution in [2.24, 2.45) is 5.41 Å². The van der Waals surface area contributed by atoms with E-state index in [1.54, 1.807) is 13.8 Å². The monoisotopic (exact) mass is 354 g/mol. The number of methoxy groups -OCH3 is 1. The van der Waals surface area contributed by atoms with E-state index in [0.717, 1.165) is 12.5 Å². The van der Waals surface area contributed by atoms with Crippen LogP contribution in [0.1, 0.15) is 26.0 Å². The van der Waals surface area contributed by atoms with Gasteiger partial charge in [0.1, 0.15) is 17.7 Å². The number of carbonyl (C=O) groups excluding carboxylic acids is 1. The molecule has 1 aromatic heterocycles. The topological polar surface area (TPSA) is 63.0 Å². The summed E-state index contributed by atoms with van der Waals surface area (Å²) in [5.74, 6) is -0.491. The van der Waals surface area contributed by atoms with E-state index in [2.05, 4.69) is 20.9 Å². The Morgan fingerprint density at radius 3 is 2.71 bits per heavy atom. The van der Waals surface area contributed by atoms with Gasteiger partial charge < -0.3 is 9.53 Å². The van der Waals surface area contributed by atoms with Gasteiger partial charge in [-0.15, -0.1) is 0 Å². The second-order valence-electron chi connectivity index (χ2n) is 5.32. The Morgan fingerprint density at radius 1 is 1.57 bits per heavy atom. The summed E-state index contributed by atoms with van der Waals surface area (Å²) >= 11 is 3.26. The van der Waals surface area contributed by atoms with Crippen molar-refractivity contribution < 1.29 is 13.9 Å². The Bertz CT molecular complexity index is 596. The van der Waals surface area contributed by atoms with E-state index in [0.29, 0.717) is 10.2 Å². The van der Waals surface area contributed by atoms with Crippen molar-refractivity contribution in [2.75, 3.05) is 7.11 Å². The van der Waals surface area contributed by atoms with Crippen molar-refractivity contribution in [2.45, 2.75) is 25.9 Å². The largest absolute Gasteiger partial charge is 0.368 e. The van der Waals surface area contributed by atoms with Crippen LogP contribution < -0.4 is 0 Å². The van der Waals surface area contributed by atoms with Gasteiger partial charge in [-0.1, -0.05) is 13.8 Å². The van der Waals surface area contributed by atoms with Crippen LogP contribution in [-0.4, -0.2) is 18.4 Å². The molecule has 6 heteroatoms. The summed E-state index contributed by atoms with van der Waals surface area (Å²) in [6.07, 6.45) is 4.95. The van der Waals surface area contributed by atoms with E-state index in [1.165, 1.54) is 25.3 Å². The van der Waals surface area contributed by atoms with Gasteiger partial charge in [0.2, 0.25) is 0 Å². The van der Waals surface area contributed by atoms with Gasteiger partial charge in [-0.05, 0) is 34.5 Å². The third-order valence-corrected chi connectivity index (χ3v) is 3.64. The maximum Gasteiger partial charge on any atom is 0.142 e. The first-order valence-electron chi connectivity index (χ1n) is 6.20. The molecule has 0 radical (unpaired) electrons. The summed E-state index contributed by atoms with van der Waals surface area (Å²) in [5, 5.41) is 8.79. The standard InChI is InChI=1S/C15H16BrFN2O2/c1-14(2,10-20)9-15(21-3,5-4-6-18)13-12(16)7-11(17)8-19-13/h4-5,7-8,10H,9H2,1-3H3. The number of hydrogen-bond acceptors (Lipinski definition) is 4. The smallest absolute Gasteiger partial charge is 0.142 e. The molecular formula is C15H16BrFN2O2. The Balaban J connectivity index is 3.46. The SMILES string of the molecule is COC(C=CC#N)(CC(C)(C)C=O)c1ncc(F)cc1Br. The number of hydrogen-bond donors (Lipinski definition) is 0. The Kier molecular flexibility index (Phi) is 5.76. The lowest BCUT2D eigenvalue weighted by Crippen LogP contribution is -2.34. The quantitative estimate of drug-likeness (QED) is 0.579. The molecular weight excluding hydrogens is 339 g/mol. The summed E-state index contributed by atoms with van der Waals surface area (Å²) in [6.45, 7) is 3.51. The minimum atomic E-state index is -1.10.